The van der Waals surface area contributed by atoms with Crippen LogP contribution in [-0.2, 0) is 0 Å². The number of nitrogens with zero attached hydrogens (tertiary/aromatic N) is 1. The molecule has 1 rings (SSSR count). The number of hydrazine groups is 1. The molecule has 0 aliphatic carbocycles. The smallest absolute Gasteiger partial charge is 0.307 e. The van der Waals surface area contributed by atoms with Crippen LogP contribution in [0.15, 0.2) is 18.2 Å². The van der Waals surface area contributed by atoms with Gasteiger partial charge in [-0.2, -0.15) is 0 Å². The molecule has 4 nitrogen and oxygen atoms in total. The predicted octanol–water partition coefficient (Wildman–Crippen LogP) is 3.37. The highest BCUT2D eigenvalue weighted by Crippen LogP contribution is 2.24. The molecule has 0 atom stereocenters. The number of anilines is 1. The molecule has 2 N–H and O–H groups in total. The molecule has 0 unspecified atom stereocenters. The Morgan fingerprint density at radius 3 is 2.47 bits per heavy atom. The van der Waals surface area contributed by atoms with E-state index in [1.165, 1.54) is 5.01 Å². The summed E-state index contributed by atoms with van der Waals surface area (Å²) in [7, 11) is 1.65. The Bertz CT molecular complexity index is 410. The van der Waals surface area contributed by atoms with Crippen molar-refractivity contribution in [2.24, 2.45) is 0 Å². The maximum Gasteiger partial charge on any atom is 0.335 e. The molecule has 2 amide bonds. The number of rotatable bonds is 3. The molecule has 1 aromatic rings. The monoisotopic (exact) mass is 275 g/mol. The number of benzene rings is 1. The molecule has 0 heterocycles. The minimum absolute atomic E-state index is 0.180. The molecule has 0 radical (unpaired) electrons. The van der Waals surface area contributed by atoms with Gasteiger partial charge in [0.05, 0.1) is 10.0 Å². The van der Waals surface area contributed by atoms with E-state index in [9.17, 15) is 4.79 Å². The van der Waals surface area contributed by atoms with Crippen molar-refractivity contribution in [2.45, 2.75) is 19.9 Å². The molecule has 0 aliphatic heterocycles. The molecule has 0 aliphatic rings. The summed E-state index contributed by atoms with van der Waals surface area (Å²) in [6.07, 6.45) is 0. The van der Waals surface area contributed by atoms with Crippen LogP contribution in [0, 0.1) is 0 Å². The summed E-state index contributed by atoms with van der Waals surface area (Å²) in [6, 6.07) is 4.84. The lowest BCUT2D eigenvalue weighted by Crippen LogP contribution is -2.45. The van der Waals surface area contributed by atoms with Gasteiger partial charge < -0.3 is 5.32 Å². The third-order valence-corrected chi connectivity index (χ3v) is 2.67. The van der Waals surface area contributed by atoms with E-state index in [-0.39, 0.29) is 12.1 Å². The zero-order chi connectivity index (χ0) is 13.0. The van der Waals surface area contributed by atoms with Crippen LogP contribution in [0.1, 0.15) is 13.8 Å². The van der Waals surface area contributed by atoms with Crippen molar-refractivity contribution in [1.29, 1.82) is 0 Å². The van der Waals surface area contributed by atoms with Gasteiger partial charge in [0.2, 0.25) is 0 Å². The van der Waals surface area contributed by atoms with Gasteiger partial charge in [-0.15, -0.1) is 0 Å². The van der Waals surface area contributed by atoms with Crippen molar-refractivity contribution in [3.05, 3.63) is 28.2 Å². The first-order valence-corrected chi connectivity index (χ1v) is 5.91. The highest BCUT2D eigenvalue weighted by molar-refractivity contribution is 6.42. The summed E-state index contributed by atoms with van der Waals surface area (Å²) in [6.45, 7) is 3.89. The fraction of sp³-hybridized carbons (Fsp3) is 0.364. The molecule has 17 heavy (non-hydrogen) atoms. The Kier molecular flexibility index (Phi) is 5.05. The van der Waals surface area contributed by atoms with Crippen LogP contribution in [0.2, 0.25) is 10.0 Å². The summed E-state index contributed by atoms with van der Waals surface area (Å²) < 4.78 is 0. The molecule has 0 spiro atoms. The van der Waals surface area contributed by atoms with Crippen molar-refractivity contribution in [1.82, 2.24) is 10.4 Å². The number of hydrogen-bond donors (Lipinski definition) is 2. The SMILES string of the molecule is CC(C)NN(C)C(=O)Nc1ccc(Cl)c(Cl)c1. The van der Waals surface area contributed by atoms with Crippen LogP contribution in [0.4, 0.5) is 10.5 Å². The first-order valence-electron chi connectivity index (χ1n) is 5.16. The summed E-state index contributed by atoms with van der Waals surface area (Å²) >= 11 is 11.6. The van der Waals surface area contributed by atoms with Gasteiger partial charge in [-0.25, -0.2) is 10.2 Å². The van der Waals surface area contributed by atoms with Gasteiger partial charge in [0.1, 0.15) is 0 Å². The lowest BCUT2D eigenvalue weighted by Gasteiger charge is -2.21. The van der Waals surface area contributed by atoms with Gasteiger partial charge in [0.15, 0.2) is 0 Å². The van der Waals surface area contributed by atoms with Crippen molar-refractivity contribution >= 4 is 34.9 Å². The normalized spacial score (nSPS) is 10.5. The number of hydrogen-bond acceptors (Lipinski definition) is 2. The van der Waals surface area contributed by atoms with Gasteiger partial charge in [0, 0.05) is 18.8 Å². The number of carbonyl (C=O) groups excluding carboxylic acids is 1. The maximum atomic E-state index is 11.7. The highest BCUT2D eigenvalue weighted by atomic mass is 35.5. The number of amides is 2. The minimum atomic E-state index is -0.267. The highest BCUT2D eigenvalue weighted by Gasteiger charge is 2.10. The van der Waals surface area contributed by atoms with E-state index < -0.39 is 0 Å². The zero-order valence-corrected chi connectivity index (χ0v) is 11.4. The molecule has 0 fully saturated rings. The fourth-order valence-electron chi connectivity index (χ4n) is 1.23. The van der Waals surface area contributed by atoms with E-state index in [1.54, 1.807) is 25.2 Å². The van der Waals surface area contributed by atoms with E-state index in [1.807, 2.05) is 13.8 Å². The Hall–Kier alpha value is -0.970. The third-order valence-electron chi connectivity index (χ3n) is 1.93. The Morgan fingerprint density at radius 2 is 1.94 bits per heavy atom. The van der Waals surface area contributed by atoms with E-state index in [2.05, 4.69) is 10.7 Å². The van der Waals surface area contributed by atoms with Gasteiger partial charge in [-0.05, 0) is 32.0 Å². The molecule has 0 aromatic heterocycles. The Balaban J connectivity index is 2.64. The molecule has 0 saturated heterocycles. The van der Waals surface area contributed by atoms with Gasteiger partial charge in [-0.1, -0.05) is 23.2 Å². The lowest BCUT2D eigenvalue weighted by molar-refractivity contribution is 0.193. The zero-order valence-electron chi connectivity index (χ0n) is 9.92. The van der Waals surface area contributed by atoms with Crippen molar-refractivity contribution in [3.63, 3.8) is 0 Å². The summed E-state index contributed by atoms with van der Waals surface area (Å²) in [5.41, 5.74) is 3.55. The first-order chi connectivity index (χ1) is 7.90. The molecule has 6 heteroatoms. The number of nitrogens with one attached hydrogen (secondary N) is 2. The largest absolute Gasteiger partial charge is 0.335 e. The van der Waals surface area contributed by atoms with E-state index >= 15 is 0 Å². The van der Waals surface area contributed by atoms with Gasteiger partial charge in [-0.3, -0.25) is 5.01 Å². The molecular formula is C11H15Cl2N3O. The summed E-state index contributed by atoms with van der Waals surface area (Å²) in [4.78, 5) is 11.7. The van der Waals surface area contributed by atoms with E-state index in [0.29, 0.717) is 15.7 Å². The number of urea groups is 1. The van der Waals surface area contributed by atoms with Gasteiger partial charge >= 0.3 is 6.03 Å². The average molecular weight is 276 g/mol. The van der Waals surface area contributed by atoms with E-state index in [4.69, 9.17) is 23.2 Å². The van der Waals surface area contributed by atoms with Crippen molar-refractivity contribution in [2.75, 3.05) is 12.4 Å². The maximum absolute atomic E-state index is 11.7. The molecule has 1 aromatic carbocycles. The number of carbonyl (C=O) groups is 1. The number of halogens is 2. The second-order valence-electron chi connectivity index (χ2n) is 3.90. The lowest BCUT2D eigenvalue weighted by atomic mass is 10.3. The quantitative estimate of drug-likeness (QED) is 0.831. The van der Waals surface area contributed by atoms with Gasteiger partial charge in [0.25, 0.3) is 0 Å². The van der Waals surface area contributed by atoms with Crippen LogP contribution < -0.4 is 10.7 Å². The van der Waals surface area contributed by atoms with Crippen molar-refractivity contribution < 1.29 is 4.79 Å². The molecule has 94 valence electrons. The average Bonchev–Trinajstić information content (AvgIpc) is 2.22. The second kappa shape index (κ2) is 6.10. The molecule has 0 saturated carbocycles. The minimum Gasteiger partial charge on any atom is -0.307 e. The first kappa shape index (κ1) is 14.1. The molecular weight excluding hydrogens is 261 g/mol. The second-order valence-corrected chi connectivity index (χ2v) is 4.72. The van der Waals surface area contributed by atoms with Crippen LogP contribution in [0.5, 0.6) is 0 Å². The van der Waals surface area contributed by atoms with Crippen molar-refractivity contribution in [3.8, 4) is 0 Å². The van der Waals surface area contributed by atoms with Crippen LogP contribution in [-0.4, -0.2) is 24.1 Å². The van der Waals surface area contributed by atoms with Crippen LogP contribution in [0.25, 0.3) is 0 Å². The predicted molar refractivity (Wildman–Crippen MR) is 71.5 cm³/mol. The van der Waals surface area contributed by atoms with E-state index in [0.717, 1.165) is 0 Å². The molecule has 0 bridgehead atoms. The van der Waals surface area contributed by atoms with Crippen LogP contribution in [0.3, 0.4) is 0 Å². The third kappa shape index (κ3) is 4.42. The Labute approximate surface area is 111 Å². The summed E-state index contributed by atoms with van der Waals surface area (Å²) in [5, 5.41) is 4.94. The fourth-order valence-corrected chi connectivity index (χ4v) is 1.53. The topological polar surface area (TPSA) is 44.4 Å². The standard InChI is InChI=1S/C11H15Cl2N3O/c1-7(2)15-16(3)11(17)14-8-4-5-9(12)10(13)6-8/h4-7,15H,1-3H3,(H,14,17). The van der Waals surface area contributed by atoms with Crippen LogP contribution >= 0.6 is 23.2 Å². The summed E-state index contributed by atoms with van der Waals surface area (Å²) in [5.74, 6) is 0. The Morgan fingerprint density at radius 1 is 1.29 bits per heavy atom.